The molecule has 1 saturated heterocycles. The molecular formula is C24H19FN2O5S2. The molecule has 0 N–H and O–H groups in total. The van der Waals surface area contributed by atoms with E-state index < -0.39 is 28.9 Å². The van der Waals surface area contributed by atoms with Gasteiger partial charge < -0.3 is 4.74 Å². The number of ether oxygens (including phenoxy) is 1. The molecule has 1 fully saturated rings. The second kappa shape index (κ2) is 8.84. The van der Waals surface area contributed by atoms with Gasteiger partial charge in [0.2, 0.25) is 11.8 Å². The molecule has 10 heteroatoms. The van der Waals surface area contributed by atoms with Gasteiger partial charge in [-0.3, -0.25) is 23.7 Å². The van der Waals surface area contributed by atoms with Gasteiger partial charge in [0.25, 0.3) is 0 Å². The van der Waals surface area contributed by atoms with Crippen molar-refractivity contribution in [3.8, 4) is 0 Å². The zero-order valence-corrected chi connectivity index (χ0v) is 19.6. The Bertz CT molecular complexity index is 1340. The normalized spacial score (nSPS) is 21.4. The van der Waals surface area contributed by atoms with Crippen molar-refractivity contribution in [1.82, 2.24) is 4.57 Å². The molecule has 3 atom stereocenters. The first-order chi connectivity index (χ1) is 16.4. The van der Waals surface area contributed by atoms with Gasteiger partial charge in [0.1, 0.15) is 17.6 Å². The number of amides is 2. The van der Waals surface area contributed by atoms with E-state index in [0.717, 1.165) is 23.1 Å². The molecule has 0 saturated carbocycles. The van der Waals surface area contributed by atoms with Crippen LogP contribution in [0.3, 0.4) is 0 Å². The average molecular weight is 499 g/mol. The number of rotatable bonds is 5. The monoisotopic (exact) mass is 498 g/mol. The highest BCUT2D eigenvalue weighted by atomic mass is 32.2. The Morgan fingerprint density at radius 1 is 1.03 bits per heavy atom. The molecule has 3 aromatic rings. The van der Waals surface area contributed by atoms with E-state index in [0.29, 0.717) is 21.2 Å². The summed E-state index contributed by atoms with van der Waals surface area (Å²) in [4.78, 5) is 53.5. The molecule has 174 valence electrons. The first-order valence-corrected chi connectivity index (χ1v) is 12.3. The summed E-state index contributed by atoms with van der Waals surface area (Å²) in [6, 6.07) is 14.4. The molecule has 5 rings (SSSR count). The van der Waals surface area contributed by atoms with E-state index in [9.17, 15) is 23.6 Å². The van der Waals surface area contributed by atoms with Crippen LogP contribution >= 0.6 is 23.1 Å². The zero-order valence-electron chi connectivity index (χ0n) is 18.0. The highest BCUT2D eigenvalue weighted by Gasteiger charge is 2.56. The number of thioether (sulfide) groups is 1. The zero-order chi connectivity index (χ0) is 24.0. The number of hydrogen-bond donors (Lipinski definition) is 0. The fraction of sp³-hybridized carbons (Fsp3) is 0.250. The van der Waals surface area contributed by atoms with E-state index in [-0.39, 0.29) is 29.8 Å². The van der Waals surface area contributed by atoms with Gasteiger partial charge in [0, 0.05) is 10.8 Å². The van der Waals surface area contributed by atoms with E-state index in [4.69, 9.17) is 4.74 Å². The summed E-state index contributed by atoms with van der Waals surface area (Å²) in [6.45, 7) is 1.56. The molecule has 1 aromatic heterocycles. The molecular weight excluding hydrogens is 479 g/mol. The summed E-state index contributed by atoms with van der Waals surface area (Å²) in [6.07, 6.45) is 0. The van der Waals surface area contributed by atoms with Crippen LogP contribution in [0.2, 0.25) is 0 Å². The maximum atomic E-state index is 13.7. The standard InChI is InChI=1S/C24H19FN2O5S2/c1-2-32-16(28)12-26-23-20(34-24(26)31)17(13-8-10-14(25)11-9-13)18-19(33-23)22(30)27(21(18)29)15-6-4-3-5-7-15/h3-11,17-19H,2,12H2,1H3/t17-,18?,19?/m1/s1. The molecule has 2 aliphatic rings. The molecule has 2 amide bonds. The third-order valence-corrected chi connectivity index (χ3v) is 8.49. The number of imide groups is 1. The predicted molar refractivity (Wildman–Crippen MR) is 126 cm³/mol. The van der Waals surface area contributed by atoms with Crippen molar-refractivity contribution >= 4 is 46.6 Å². The minimum absolute atomic E-state index is 0.176. The third kappa shape index (κ3) is 3.67. The van der Waals surface area contributed by atoms with Crippen LogP contribution in [0.5, 0.6) is 0 Å². The molecule has 2 aromatic carbocycles. The summed E-state index contributed by atoms with van der Waals surface area (Å²) < 4.78 is 20.0. The Balaban J connectivity index is 1.65. The van der Waals surface area contributed by atoms with Gasteiger partial charge in [-0.2, -0.15) is 0 Å². The van der Waals surface area contributed by atoms with E-state index in [2.05, 4.69) is 0 Å². The Kier molecular flexibility index (Phi) is 5.86. The van der Waals surface area contributed by atoms with E-state index in [1.165, 1.54) is 21.6 Å². The number of esters is 1. The molecule has 0 bridgehead atoms. The van der Waals surface area contributed by atoms with Gasteiger partial charge in [-0.05, 0) is 36.8 Å². The summed E-state index contributed by atoms with van der Waals surface area (Å²) in [5.74, 6) is -3.15. The van der Waals surface area contributed by atoms with Gasteiger partial charge >= 0.3 is 10.8 Å². The van der Waals surface area contributed by atoms with Crippen LogP contribution in [0.1, 0.15) is 23.3 Å². The highest BCUT2D eigenvalue weighted by molar-refractivity contribution is 8.00. The van der Waals surface area contributed by atoms with Crippen molar-refractivity contribution < 1.29 is 23.5 Å². The maximum Gasteiger partial charge on any atom is 0.326 e. The number of hydrogen-bond acceptors (Lipinski definition) is 7. The van der Waals surface area contributed by atoms with Crippen LogP contribution in [0.25, 0.3) is 0 Å². The number of benzene rings is 2. The third-order valence-electron chi connectivity index (χ3n) is 5.89. The molecule has 7 nitrogen and oxygen atoms in total. The van der Waals surface area contributed by atoms with Crippen LogP contribution in [0.15, 0.2) is 64.4 Å². The number of anilines is 1. The Hall–Kier alpha value is -3.24. The van der Waals surface area contributed by atoms with Gasteiger partial charge in [0.05, 0.1) is 23.2 Å². The largest absolute Gasteiger partial charge is 0.465 e. The SMILES string of the molecule is CCOC(=O)Cn1c2c(sc1=O)[C@H](c1ccc(F)cc1)C1C(=O)N(c3ccccc3)C(=O)C1S2. The second-order valence-electron chi connectivity index (χ2n) is 7.87. The number of fused-ring (bicyclic) bond motifs is 2. The first-order valence-electron chi connectivity index (χ1n) is 10.6. The summed E-state index contributed by atoms with van der Waals surface area (Å²) in [5, 5.41) is -0.326. The van der Waals surface area contributed by atoms with Crippen molar-refractivity contribution in [2.75, 3.05) is 11.5 Å². The number of aromatic nitrogens is 1. The Labute approximate surface area is 202 Å². The van der Waals surface area contributed by atoms with Gasteiger partial charge in [0.15, 0.2) is 0 Å². The average Bonchev–Trinajstić information content (AvgIpc) is 3.26. The Morgan fingerprint density at radius 3 is 2.41 bits per heavy atom. The fourth-order valence-corrected chi connectivity index (χ4v) is 7.23. The minimum atomic E-state index is -0.794. The Morgan fingerprint density at radius 2 is 1.74 bits per heavy atom. The summed E-state index contributed by atoms with van der Waals surface area (Å²) >= 11 is 2.06. The fourth-order valence-electron chi connectivity index (χ4n) is 4.45. The van der Waals surface area contributed by atoms with Crippen LogP contribution < -0.4 is 9.77 Å². The summed E-state index contributed by atoms with van der Waals surface area (Å²) in [7, 11) is 0. The van der Waals surface area contributed by atoms with Crippen molar-refractivity contribution in [3.63, 3.8) is 0 Å². The molecule has 3 heterocycles. The topological polar surface area (TPSA) is 85.7 Å². The number of thiazole rings is 1. The molecule has 0 spiro atoms. The van der Waals surface area contributed by atoms with Crippen molar-refractivity contribution in [3.05, 3.63) is 80.5 Å². The van der Waals surface area contributed by atoms with Crippen molar-refractivity contribution in [2.24, 2.45) is 5.92 Å². The van der Waals surface area contributed by atoms with Crippen molar-refractivity contribution in [2.45, 2.75) is 29.7 Å². The summed E-state index contributed by atoms with van der Waals surface area (Å²) in [5.41, 5.74) is 1.09. The lowest BCUT2D eigenvalue weighted by atomic mass is 9.83. The van der Waals surface area contributed by atoms with Crippen LogP contribution in [-0.4, -0.2) is 34.2 Å². The predicted octanol–water partition coefficient (Wildman–Crippen LogP) is 3.41. The van der Waals surface area contributed by atoms with E-state index in [1.807, 2.05) is 0 Å². The van der Waals surface area contributed by atoms with E-state index >= 15 is 0 Å². The number of para-hydroxylation sites is 1. The van der Waals surface area contributed by atoms with Crippen LogP contribution in [-0.2, 0) is 25.7 Å². The smallest absolute Gasteiger partial charge is 0.326 e. The molecule has 0 radical (unpaired) electrons. The lowest BCUT2D eigenvalue weighted by Crippen LogP contribution is -2.32. The molecule has 0 aliphatic carbocycles. The number of nitrogens with zero attached hydrogens (tertiary/aromatic N) is 2. The van der Waals surface area contributed by atoms with Crippen LogP contribution in [0, 0.1) is 11.7 Å². The van der Waals surface area contributed by atoms with Crippen molar-refractivity contribution in [1.29, 1.82) is 0 Å². The number of carbonyl (C=O) groups is 3. The number of carbonyl (C=O) groups excluding carboxylic acids is 3. The first kappa shape index (κ1) is 22.5. The second-order valence-corrected chi connectivity index (χ2v) is 9.99. The highest BCUT2D eigenvalue weighted by Crippen LogP contribution is 2.53. The lowest BCUT2D eigenvalue weighted by Gasteiger charge is -2.30. The molecule has 34 heavy (non-hydrogen) atoms. The van der Waals surface area contributed by atoms with Gasteiger partial charge in [-0.1, -0.05) is 53.4 Å². The quantitative estimate of drug-likeness (QED) is 0.396. The molecule has 2 aliphatic heterocycles. The molecule has 2 unspecified atom stereocenters. The minimum Gasteiger partial charge on any atom is -0.465 e. The van der Waals surface area contributed by atoms with Gasteiger partial charge in [-0.25, -0.2) is 9.29 Å². The van der Waals surface area contributed by atoms with Gasteiger partial charge in [-0.15, -0.1) is 0 Å². The number of halogens is 1. The van der Waals surface area contributed by atoms with Crippen LogP contribution in [0.4, 0.5) is 10.1 Å². The lowest BCUT2D eigenvalue weighted by molar-refractivity contribution is -0.144. The van der Waals surface area contributed by atoms with E-state index in [1.54, 1.807) is 49.4 Å². The maximum absolute atomic E-state index is 13.7.